The van der Waals surface area contributed by atoms with E-state index in [9.17, 15) is 9.59 Å². The van der Waals surface area contributed by atoms with E-state index in [2.05, 4.69) is 20.8 Å². The molecule has 35 heavy (non-hydrogen) atoms. The molecule has 0 aliphatic carbocycles. The van der Waals surface area contributed by atoms with Crippen LogP contribution in [0.25, 0.3) is 6.08 Å². The normalized spacial score (nSPS) is 11.3. The van der Waals surface area contributed by atoms with Crippen LogP contribution in [-0.2, 0) is 5.41 Å². The summed E-state index contributed by atoms with van der Waals surface area (Å²) in [7, 11) is 4.53. The van der Waals surface area contributed by atoms with Gasteiger partial charge in [-0.2, -0.15) is 0 Å². The molecule has 0 aromatic heterocycles. The summed E-state index contributed by atoms with van der Waals surface area (Å²) < 4.78 is 21.5. The fraction of sp³-hybridized carbons (Fsp3) is 0.241. The molecule has 182 valence electrons. The van der Waals surface area contributed by atoms with Gasteiger partial charge < -0.3 is 18.9 Å². The highest BCUT2D eigenvalue weighted by atomic mass is 16.6. The van der Waals surface area contributed by atoms with E-state index < -0.39 is 5.97 Å². The number of methoxy groups -OCH3 is 3. The second kappa shape index (κ2) is 10.9. The molecule has 0 aliphatic heterocycles. The zero-order chi connectivity index (χ0) is 25.6. The third-order valence-electron chi connectivity index (χ3n) is 5.48. The van der Waals surface area contributed by atoms with Crippen LogP contribution in [0.5, 0.6) is 23.0 Å². The fourth-order valence-electron chi connectivity index (χ4n) is 3.41. The highest BCUT2D eigenvalue weighted by Crippen LogP contribution is 2.30. The topological polar surface area (TPSA) is 71.1 Å². The Balaban J connectivity index is 1.76. The van der Waals surface area contributed by atoms with Crippen molar-refractivity contribution in [2.45, 2.75) is 26.2 Å². The van der Waals surface area contributed by atoms with Gasteiger partial charge in [0.1, 0.15) is 11.5 Å². The maximum Gasteiger partial charge on any atom is 0.343 e. The Morgan fingerprint density at radius 1 is 0.743 bits per heavy atom. The zero-order valence-corrected chi connectivity index (χ0v) is 20.9. The lowest BCUT2D eigenvalue weighted by molar-refractivity contribution is 0.0729. The standard InChI is InChI=1S/C29H30O6/c1-29(2,3)21-11-9-20(10-12-21)28(31)35-26-15-8-19(17-27(26)34-6)7-14-24(30)23-18-22(32-4)13-16-25(23)33-5/h7-18H,1-6H3. The van der Waals surface area contributed by atoms with Gasteiger partial charge in [-0.05, 0) is 65.1 Å². The molecule has 0 saturated heterocycles. The number of allylic oxidation sites excluding steroid dienone is 1. The van der Waals surface area contributed by atoms with E-state index in [1.165, 1.54) is 27.4 Å². The Kier molecular flexibility index (Phi) is 7.97. The molecule has 6 heteroatoms. The van der Waals surface area contributed by atoms with E-state index in [0.717, 1.165) is 5.56 Å². The summed E-state index contributed by atoms with van der Waals surface area (Å²) in [5, 5.41) is 0. The van der Waals surface area contributed by atoms with Crippen molar-refractivity contribution in [3.05, 3.63) is 89.0 Å². The van der Waals surface area contributed by atoms with Crippen LogP contribution in [0.15, 0.2) is 66.7 Å². The second-order valence-electron chi connectivity index (χ2n) is 8.89. The van der Waals surface area contributed by atoms with Gasteiger partial charge in [-0.15, -0.1) is 0 Å². The summed E-state index contributed by atoms with van der Waals surface area (Å²) in [5.41, 5.74) is 2.66. The average molecular weight is 475 g/mol. The van der Waals surface area contributed by atoms with Gasteiger partial charge in [0.2, 0.25) is 0 Å². The van der Waals surface area contributed by atoms with Crippen molar-refractivity contribution in [3.63, 3.8) is 0 Å². The zero-order valence-electron chi connectivity index (χ0n) is 20.9. The molecule has 0 N–H and O–H groups in total. The summed E-state index contributed by atoms with van der Waals surface area (Å²) in [6.07, 6.45) is 3.09. The summed E-state index contributed by atoms with van der Waals surface area (Å²) in [4.78, 5) is 25.4. The van der Waals surface area contributed by atoms with Gasteiger partial charge in [0.05, 0.1) is 32.5 Å². The Morgan fingerprint density at radius 2 is 1.40 bits per heavy atom. The smallest absolute Gasteiger partial charge is 0.343 e. The molecule has 0 bridgehead atoms. The first-order valence-corrected chi connectivity index (χ1v) is 11.1. The van der Waals surface area contributed by atoms with Gasteiger partial charge in [-0.1, -0.05) is 45.0 Å². The average Bonchev–Trinajstić information content (AvgIpc) is 2.86. The molecule has 0 atom stereocenters. The predicted octanol–water partition coefficient (Wildman–Crippen LogP) is 6.13. The minimum Gasteiger partial charge on any atom is -0.497 e. The van der Waals surface area contributed by atoms with Crippen LogP contribution >= 0.6 is 0 Å². The van der Waals surface area contributed by atoms with Crippen molar-refractivity contribution < 1.29 is 28.5 Å². The number of ether oxygens (including phenoxy) is 4. The van der Waals surface area contributed by atoms with Crippen LogP contribution in [0.4, 0.5) is 0 Å². The van der Waals surface area contributed by atoms with Gasteiger partial charge in [-0.25, -0.2) is 4.79 Å². The summed E-state index contributed by atoms with van der Waals surface area (Å²) >= 11 is 0. The number of benzene rings is 3. The Labute approximate surface area is 206 Å². The van der Waals surface area contributed by atoms with Crippen molar-refractivity contribution in [2.75, 3.05) is 21.3 Å². The molecule has 3 rings (SSSR count). The third-order valence-corrected chi connectivity index (χ3v) is 5.48. The van der Waals surface area contributed by atoms with Gasteiger partial charge in [-0.3, -0.25) is 4.79 Å². The largest absolute Gasteiger partial charge is 0.497 e. The number of rotatable bonds is 8. The maximum absolute atomic E-state index is 12.8. The Hall–Kier alpha value is -4.06. The molecule has 0 heterocycles. The first kappa shape index (κ1) is 25.6. The molecule has 0 radical (unpaired) electrons. The van der Waals surface area contributed by atoms with E-state index in [-0.39, 0.29) is 16.9 Å². The highest BCUT2D eigenvalue weighted by Gasteiger charge is 2.17. The SMILES string of the molecule is COc1ccc(OC)c(C(=O)C=Cc2ccc(OC(=O)c3ccc(C(C)(C)C)cc3)c(OC)c2)c1. The molecule has 0 aliphatic rings. The summed E-state index contributed by atoms with van der Waals surface area (Å²) in [6.45, 7) is 6.34. The number of ketones is 1. The summed E-state index contributed by atoms with van der Waals surface area (Å²) in [5.74, 6) is 0.953. The van der Waals surface area contributed by atoms with Crippen LogP contribution in [-0.4, -0.2) is 33.1 Å². The minimum absolute atomic E-state index is 0.00586. The molecule has 3 aromatic carbocycles. The van der Waals surface area contributed by atoms with E-state index in [4.69, 9.17) is 18.9 Å². The lowest BCUT2D eigenvalue weighted by Crippen LogP contribution is -2.13. The molecule has 0 saturated carbocycles. The van der Waals surface area contributed by atoms with Crippen LogP contribution < -0.4 is 18.9 Å². The van der Waals surface area contributed by atoms with Gasteiger partial charge in [0, 0.05) is 0 Å². The second-order valence-corrected chi connectivity index (χ2v) is 8.89. The number of esters is 1. The Bertz CT molecular complexity index is 1230. The molecular formula is C29H30O6. The van der Waals surface area contributed by atoms with Gasteiger partial charge >= 0.3 is 5.97 Å². The lowest BCUT2D eigenvalue weighted by Gasteiger charge is -2.19. The molecule has 0 unspecified atom stereocenters. The van der Waals surface area contributed by atoms with Crippen LogP contribution in [0.3, 0.4) is 0 Å². The predicted molar refractivity (Wildman–Crippen MR) is 136 cm³/mol. The van der Waals surface area contributed by atoms with Gasteiger partial charge in [0.15, 0.2) is 17.3 Å². The fourth-order valence-corrected chi connectivity index (χ4v) is 3.41. The van der Waals surface area contributed by atoms with E-state index in [1.54, 1.807) is 54.6 Å². The quantitative estimate of drug-likeness (QED) is 0.169. The van der Waals surface area contributed by atoms with Crippen molar-refractivity contribution >= 4 is 17.8 Å². The Morgan fingerprint density at radius 3 is 2.00 bits per heavy atom. The van der Waals surface area contributed by atoms with Gasteiger partial charge in [0.25, 0.3) is 0 Å². The summed E-state index contributed by atoms with van der Waals surface area (Å²) in [6, 6.07) is 17.5. The molecule has 0 amide bonds. The maximum atomic E-state index is 12.8. The number of carbonyl (C=O) groups excluding carboxylic acids is 2. The van der Waals surface area contributed by atoms with E-state index in [0.29, 0.717) is 33.9 Å². The number of hydrogen-bond acceptors (Lipinski definition) is 6. The number of hydrogen-bond donors (Lipinski definition) is 0. The van der Waals surface area contributed by atoms with Crippen molar-refractivity contribution in [2.24, 2.45) is 0 Å². The van der Waals surface area contributed by atoms with Crippen molar-refractivity contribution in [1.29, 1.82) is 0 Å². The van der Waals surface area contributed by atoms with E-state index in [1.807, 2.05) is 12.1 Å². The van der Waals surface area contributed by atoms with E-state index >= 15 is 0 Å². The minimum atomic E-state index is -0.479. The molecular weight excluding hydrogens is 444 g/mol. The molecule has 3 aromatic rings. The lowest BCUT2D eigenvalue weighted by atomic mass is 9.87. The van der Waals surface area contributed by atoms with Crippen LogP contribution in [0.2, 0.25) is 0 Å². The number of carbonyl (C=O) groups is 2. The third kappa shape index (κ3) is 6.29. The monoisotopic (exact) mass is 474 g/mol. The first-order chi connectivity index (χ1) is 16.7. The molecule has 6 nitrogen and oxygen atoms in total. The highest BCUT2D eigenvalue weighted by molar-refractivity contribution is 6.09. The van der Waals surface area contributed by atoms with Crippen LogP contribution in [0, 0.1) is 0 Å². The molecule has 0 fully saturated rings. The van der Waals surface area contributed by atoms with Crippen LogP contribution in [0.1, 0.15) is 52.6 Å². The van der Waals surface area contributed by atoms with Crippen molar-refractivity contribution in [1.82, 2.24) is 0 Å². The first-order valence-electron chi connectivity index (χ1n) is 11.1. The van der Waals surface area contributed by atoms with Crippen molar-refractivity contribution in [3.8, 4) is 23.0 Å². The molecule has 0 spiro atoms.